The molecule has 0 aliphatic carbocycles. The van der Waals surface area contributed by atoms with Crippen molar-refractivity contribution in [3.05, 3.63) is 34.7 Å². The quantitative estimate of drug-likeness (QED) is 0.239. The van der Waals surface area contributed by atoms with Crippen molar-refractivity contribution < 1.29 is 0 Å². The van der Waals surface area contributed by atoms with E-state index in [9.17, 15) is 4.79 Å². The van der Waals surface area contributed by atoms with Crippen molar-refractivity contribution in [1.29, 1.82) is 0 Å². The summed E-state index contributed by atoms with van der Waals surface area (Å²) < 4.78 is 3.99. The molecule has 158 valence electrons. The van der Waals surface area contributed by atoms with Gasteiger partial charge in [0.2, 0.25) is 0 Å². The Kier molecular flexibility index (Phi) is 11.9. The fourth-order valence-electron chi connectivity index (χ4n) is 3.88. The zero-order chi connectivity index (χ0) is 20.0. The zero-order valence-corrected chi connectivity index (χ0v) is 19.1. The number of unbranched alkanes of at least 4 members (excludes halogenated alkanes) is 10. The average molecular weight is 423 g/mol. The molecule has 1 heterocycles. The molecule has 0 amide bonds. The summed E-state index contributed by atoms with van der Waals surface area (Å²) in [4.78, 5) is 13.0. The number of aryl methyl sites for hydroxylation is 2. The van der Waals surface area contributed by atoms with Crippen molar-refractivity contribution in [3.8, 4) is 0 Å². The van der Waals surface area contributed by atoms with E-state index in [0.29, 0.717) is 0 Å². The number of fused-ring (bicyclic) bond motifs is 1. The molecule has 5 heteroatoms. The topological polar surface area (TPSA) is 26.9 Å². The van der Waals surface area contributed by atoms with Gasteiger partial charge in [0.05, 0.1) is 11.0 Å². The first-order chi connectivity index (χ1) is 13.8. The Morgan fingerprint density at radius 3 is 1.32 bits per heavy atom. The van der Waals surface area contributed by atoms with Gasteiger partial charge in [-0.2, -0.15) is 25.3 Å². The summed E-state index contributed by atoms with van der Waals surface area (Å²) in [6.07, 6.45) is 14.6. The largest absolute Gasteiger partial charge is 0.329 e. The molecule has 2 aromatic rings. The van der Waals surface area contributed by atoms with Gasteiger partial charge in [-0.1, -0.05) is 63.5 Å². The third kappa shape index (κ3) is 7.55. The van der Waals surface area contributed by atoms with E-state index in [0.717, 1.165) is 48.5 Å². The fourth-order valence-corrected chi connectivity index (χ4v) is 4.33. The van der Waals surface area contributed by atoms with Gasteiger partial charge < -0.3 is 0 Å². The third-order valence-corrected chi connectivity index (χ3v) is 6.14. The smallest absolute Gasteiger partial charge is 0.292 e. The van der Waals surface area contributed by atoms with E-state index < -0.39 is 0 Å². The Balaban J connectivity index is 1.87. The van der Waals surface area contributed by atoms with E-state index in [1.54, 1.807) is 0 Å². The number of hydrogen-bond donors (Lipinski definition) is 2. The van der Waals surface area contributed by atoms with Gasteiger partial charge in [0.15, 0.2) is 0 Å². The van der Waals surface area contributed by atoms with E-state index in [-0.39, 0.29) is 5.69 Å². The summed E-state index contributed by atoms with van der Waals surface area (Å²) in [6, 6.07) is 8.28. The maximum absolute atomic E-state index is 13.0. The van der Waals surface area contributed by atoms with Crippen LogP contribution < -0.4 is 5.69 Å². The van der Waals surface area contributed by atoms with Gasteiger partial charge in [-0.05, 0) is 49.3 Å². The predicted molar refractivity (Wildman–Crippen MR) is 129 cm³/mol. The van der Waals surface area contributed by atoms with Crippen LogP contribution in [0.3, 0.4) is 0 Å². The highest BCUT2D eigenvalue weighted by molar-refractivity contribution is 7.80. The molecule has 1 aromatic carbocycles. The van der Waals surface area contributed by atoms with Crippen molar-refractivity contribution in [2.75, 3.05) is 11.5 Å². The summed E-state index contributed by atoms with van der Waals surface area (Å²) >= 11 is 8.53. The molecule has 2 rings (SSSR count). The van der Waals surface area contributed by atoms with E-state index in [1.807, 2.05) is 21.3 Å². The Morgan fingerprint density at radius 1 is 0.571 bits per heavy atom. The summed E-state index contributed by atoms with van der Waals surface area (Å²) in [6.45, 7) is 1.67. The van der Waals surface area contributed by atoms with Crippen molar-refractivity contribution in [1.82, 2.24) is 9.13 Å². The van der Waals surface area contributed by atoms with Crippen LogP contribution >= 0.6 is 25.3 Å². The van der Waals surface area contributed by atoms with Gasteiger partial charge in [-0.25, -0.2) is 4.79 Å². The van der Waals surface area contributed by atoms with Gasteiger partial charge in [0.25, 0.3) is 0 Å². The standard InChI is InChI=1S/C23H38N2OS2/c26-23-24(17-11-5-1-3-7-13-19-27)21-15-9-10-16-22(21)25(23)18-12-6-2-4-8-14-20-28/h9-10,15-16,27-28H,1-8,11-14,17-20H2. The third-order valence-electron chi connectivity index (χ3n) is 5.50. The highest BCUT2D eigenvalue weighted by Gasteiger charge is 2.12. The molecule has 0 fully saturated rings. The van der Waals surface area contributed by atoms with Crippen LogP contribution in [0.5, 0.6) is 0 Å². The Hall–Kier alpha value is -0.810. The normalized spacial score (nSPS) is 11.5. The second kappa shape index (κ2) is 14.2. The van der Waals surface area contributed by atoms with Crippen molar-refractivity contribution in [3.63, 3.8) is 0 Å². The molecule has 1 aromatic heterocycles. The molecule has 0 N–H and O–H groups in total. The number of imidazole rings is 1. The first-order valence-electron chi connectivity index (χ1n) is 11.2. The highest BCUT2D eigenvalue weighted by Crippen LogP contribution is 2.16. The van der Waals surface area contributed by atoms with E-state index >= 15 is 0 Å². The van der Waals surface area contributed by atoms with Crippen LogP contribution in [-0.4, -0.2) is 20.6 Å². The molecule has 0 radical (unpaired) electrons. The minimum absolute atomic E-state index is 0.173. The van der Waals surface area contributed by atoms with Gasteiger partial charge in [0, 0.05) is 13.1 Å². The van der Waals surface area contributed by atoms with Crippen molar-refractivity contribution in [2.45, 2.75) is 90.1 Å². The molecule has 28 heavy (non-hydrogen) atoms. The van der Waals surface area contributed by atoms with Crippen molar-refractivity contribution in [2.24, 2.45) is 0 Å². The van der Waals surface area contributed by atoms with E-state index in [4.69, 9.17) is 0 Å². The average Bonchev–Trinajstić information content (AvgIpc) is 2.98. The van der Waals surface area contributed by atoms with Crippen LogP contribution in [0.4, 0.5) is 0 Å². The van der Waals surface area contributed by atoms with Gasteiger partial charge >= 0.3 is 5.69 Å². The van der Waals surface area contributed by atoms with Gasteiger partial charge in [0.1, 0.15) is 0 Å². The number of thiol groups is 2. The number of aromatic nitrogens is 2. The lowest BCUT2D eigenvalue weighted by Gasteiger charge is -2.04. The molecular weight excluding hydrogens is 384 g/mol. The van der Waals surface area contributed by atoms with Crippen LogP contribution in [0, 0.1) is 0 Å². The Bertz CT molecular complexity index is 665. The summed E-state index contributed by atoms with van der Waals surface area (Å²) in [5.74, 6) is 1.98. The molecule has 0 bridgehead atoms. The number of para-hydroxylation sites is 2. The monoisotopic (exact) mass is 422 g/mol. The van der Waals surface area contributed by atoms with Crippen LogP contribution in [-0.2, 0) is 13.1 Å². The first kappa shape index (κ1) is 23.5. The molecule has 0 saturated carbocycles. The maximum Gasteiger partial charge on any atom is 0.329 e. The highest BCUT2D eigenvalue weighted by atomic mass is 32.1. The van der Waals surface area contributed by atoms with Crippen LogP contribution in [0.2, 0.25) is 0 Å². The number of benzene rings is 1. The SMILES string of the molecule is O=c1n(CCCCCCCCS)c2ccccc2n1CCCCCCCCS. The molecular formula is C23H38N2OS2. The molecule has 3 nitrogen and oxygen atoms in total. The van der Waals surface area contributed by atoms with Crippen molar-refractivity contribution >= 4 is 36.3 Å². The van der Waals surface area contributed by atoms with E-state index in [1.165, 1.54) is 64.2 Å². The Morgan fingerprint density at radius 2 is 0.929 bits per heavy atom. The molecule has 0 saturated heterocycles. The molecule has 0 unspecified atom stereocenters. The maximum atomic E-state index is 13.0. The second-order valence-corrected chi connectivity index (χ2v) is 8.66. The number of rotatable bonds is 16. The molecule has 0 spiro atoms. The second-order valence-electron chi connectivity index (χ2n) is 7.76. The zero-order valence-electron chi connectivity index (χ0n) is 17.3. The minimum atomic E-state index is 0.173. The van der Waals surface area contributed by atoms with Crippen LogP contribution in [0.25, 0.3) is 11.0 Å². The molecule has 0 atom stereocenters. The first-order valence-corrected chi connectivity index (χ1v) is 12.5. The number of hydrogen-bond acceptors (Lipinski definition) is 3. The lowest BCUT2D eigenvalue weighted by molar-refractivity contribution is 0.528. The van der Waals surface area contributed by atoms with Gasteiger partial charge in [-0.3, -0.25) is 9.13 Å². The lowest BCUT2D eigenvalue weighted by Crippen LogP contribution is -2.24. The molecule has 0 aliphatic rings. The minimum Gasteiger partial charge on any atom is -0.292 e. The number of nitrogens with zero attached hydrogens (tertiary/aromatic N) is 2. The summed E-state index contributed by atoms with van der Waals surface area (Å²) in [5.41, 5.74) is 2.36. The molecule has 0 aliphatic heterocycles. The van der Waals surface area contributed by atoms with Crippen LogP contribution in [0.15, 0.2) is 29.1 Å². The fraction of sp³-hybridized carbons (Fsp3) is 0.696. The summed E-state index contributed by atoms with van der Waals surface area (Å²) in [5, 5.41) is 0. The van der Waals surface area contributed by atoms with E-state index in [2.05, 4.69) is 37.4 Å². The predicted octanol–water partition coefficient (Wildman–Crippen LogP) is 6.34. The Labute approximate surface area is 181 Å². The van der Waals surface area contributed by atoms with Gasteiger partial charge in [-0.15, -0.1) is 0 Å². The van der Waals surface area contributed by atoms with Crippen LogP contribution in [0.1, 0.15) is 77.0 Å². The lowest BCUT2D eigenvalue weighted by atomic mass is 10.1. The summed E-state index contributed by atoms with van der Waals surface area (Å²) in [7, 11) is 0.